The third-order valence-corrected chi connectivity index (χ3v) is 6.34. The van der Waals surface area contributed by atoms with E-state index in [9.17, 15) is 9.59 Å². The first-order valence-electron chi connectivity index (χ1n) is 10.1. The molecule has 0 saturated heterocycles. The van der Waals surface area contributed by atoms with Crippen molar-refractivity contribution < 1.29 is 9.59 Å². The van der Waals surface area contributed by atoms with Crippen molar-refractivity contribution in [1.29, 1.82) is 0 Å². The van der Waals surface area contributed by atoms with Gasteiger partial charge < -0.3 is 0 Å². The molecule has 2 aromatic rings. The molecule has 1 aliphatic heterocycles. The van der Waals surface area contributed by atoms with Gasteiger partial charge in [-0.1, -0.05) is 45.0 Å². The van der Waals surface area contributed by atoms with E-state index in [0.717, 1.165) is 27.7 Å². The van der Waals surface area contributed by atoms with Crippen LogP contribution in [0.2, 0.25) is 0 Å². The summed E-state index contributed by atoms with van der Waals surface area (Å²) in [5.41, 5.74) is 3.72. The summed E-state index contributed by atoms with van der Waals surface area (Å²) in [6.07, 6.45) is 4.13. The Morgan fingerprint density at radius 3 is 2.45 bits per heavy atom. The molecule has 1 aliphatic carbocycles. The van der Waals surface area contributed by atoms with Crippen LogP contribution in [0.5, 0.6) is 0 Å². The van der Waals surface area contributed by atoms with Gasteiger partial charge in [-0.3, -0.25) is 14.5 Å². The highest BCUT2D eigenvalue weighted by molar-refractivity contribution is 9.10. The van der Waals surface area contributed by atoms with E-state index in [1.807, 2.05) is 12.1 Å². The number of halogens is 1. The lowest BCUT2D eigenvalue weighted by atomic mass is 9.69. The summed E-state index contributed by atoms with van der Waals surface area (Å²) in [5, 5.41) is 0. The summed E-state index contributed by atoms with van der Waals surface area (Å²) in [6, 6.07) is 12.0. The number of ketones is 1. The molecule has 2 heterocycles. The molecule has 1 aromatic carbocycles. The molecule has 0 fully saturated rings. The number of hydrogen-bond donors (Lipinski definition) is 0. The van der Waals surface area contributed by atoms with E-state index in [1.165, 1.54) is 5.56 Å². The van der Waals surface area contributed by atoms with Crippen LogP contribution >= 0.6 is 15.9 Å². The van der Waals surface area contributed by atoms with E-state index in [2.05, 4.69) is 66.0 Å². The Hall–Kier alpha value is -2.27. The lowest BCUT2D eigenvalue weighted by Gasteiger charge is -2.42. The third-order valence-electron chi connectivity index (χ3n) is 5.87. The highest BCUT2D eigenvalue weighted by atomic mass is 79.9. The van der Waals surface area contributed by atoms with Crippen molar-refractivity contribution in [3.8, 4) is 0 Å². The quantitative estimate of drug-likeness (QED) is 0.611. The Labute approximate surface area is 180 Å². The Morgan fingerprint density at radius 2 is 1.83 bits per heavy atom. The van der Waals surface area contributed by atoms with Gasteiger partial charge in [-0.25, -0.2) is 4.98 Å². The summed E-state index contributed by atoms with van der Waals surface area (Å²) >= 11 is 3.40. The van der Waals surface area contributed by atoms with Crippen LogP contribution in [-0.4, -0.2) is 16.7 Å². The first-order valence-corrected chi connectivity index (χ1v) is 10.9. The van der Waals surface area contributed by atoms with E-state index in [0.29, 0.717) is 18.7 Å². The predicted octanol–water partition coefficient (Wildman–Crippen LogP) is 5.57. The largest absolute Gasteiger partial charge is 0.294 e. The third kappa shape index (κ3) is 3.80. The van der Waals surface area contributed by atoms with Crippen molar-refractivity contribution in [2.75, 3.05) is 4.90 Å². The number of aryl methyl sites for hydroxylation is 1. The van der Waals surface area contributed by atoms with Crippen LogP contribution < -0.4 is 4.90 Å². The molecule has 4 rings (SSSR count). The second kappa shape index (κ2) is 7.52. The molecule has 0 radical (unpaired) electrons. The van der Waals surface area contributed by atoms with E-state index < -0.39 is 0 Å². The van der Waals surface area contributed by atoms with E-state index >= 15 is 0 Å². The van der Waals surface area contributed by atoms with Gasteiger partial charge in [0.2, 0.25) is 5.91 Å². The zero-order valence-corrected chi connectivity index (χ0v) is 18.6. The number of pyridine rings is 1. The predicted molar refractivity (Wildman–Crippen MR) is 118 cm³/mol. The summed E-state index contributed by atoms with van der Waals surface area (Å²) in [4.78, 5) is 32.7. The van der Waals surface area contributed by atoms with Crippen molar-refractivity contribution in [3.63, 3.8) is 0 Å². The number of allylic oxidation sites excluding steroid dienone is 2. The first kappa shape index (κ1) is 20.0. The zero-order chi connectivity index (χ0) is 20.8. The fourth-order valence-corrected chi connectivity index (χ4v) is 4.69. The minimum Gasteiger partial charge on any atom is -0.294 e. The van der Waals surface area contributed by atoms with E-state index in [1.54, 1.807) is 11.1 Å². The van der Waals surface area contributed by atoms with Gasteiger partial charge in [-0.15, -0.1) is 0 Å². The highest BCUT2D eigenvalue weighted by Crippen LogP contribution is 2.47. The minimum atomic E-state index is -0.183. The number of benzene rings is 1. The molecule has 4 nitrogen and oxygen atoms in total. The van der Waals surface area contributed by atoms with Gasteiger partial charge in [0.15, 0.2) is 5.78 Å². The fourth-order valence-electron chi connectivity index (χ4n) is 4.45. The summed E-state index contributed by atoms with van der Waals surface area (Å²) in [7, 11) is 0. The maximum atomic E-state index is 13.3. The Bertz CT molecular complexity index is 991. The molecule has 0 spiro atoms. The van der Waals surface area contributed by atoms with Gasteiger partial charge in [-0.05, 0) is 57.4 Å². The molecular weight excluding hydrogens is 428 g/mol. The second-order valence-electron chi connectivity index (χ2n) is 8.72. The van der Waals surface area contributed by atoms with Crippen LogP contribution in [0, 0.1) is 5.41 Å². The monoisotopic (exact) mass is 452 g/mol. The summed E-state index contributed by atoms with van der Waals surface area (Å²) < 4.78 is 0.855. The molecule has 0 bridgehead atoms. The highest BCUT2D eigenvalue weighted by Gasteiger charge is 2.44. The SMILES string of the molecule is CCc1ccc(C2CC(=O)N(c3ccc(Br)cn3)C3=C2C(=O)CC(C)(C)C3)cc1. The average Bonchev–Trinajstić information content (AvgIpc) is 2.67. The fraction of sp³-hybridized carbons (Fsp3) is 0.375. The van der Waals surface area contributed by atoms with Crippen LogP contribution in [0.25, 0.3) is 0 Å². The van der Waals surface area contributed by atoms with Crippen molar-refractivity contribution in [3.05, 3.63) is 69.5 Å². The average molecular weight is 453 g/mol. The van der Waals surface area contributed by atoms with Gasteiger partial charge in [0.1, 0.15) is 5.82 Å². The number of hydrogen-bond acceptors (Lipinski definition) is 3. The number of nitrogens with zero attached hydrogens (tertiary/aromatic N) is 2. The van der Waals surface area contributed by atoms with Crippen molar-refractivity contribution in [1.82, 2.24) is 4.98 Å². The molecule has 1 amide bonds. The maximum Gasteiger partial charge on any atom is 0.233 e. The molecule has 29 heavy (non-hydrogen) atoms. The van der Waals surface area contributed by atoms with Crippen LogP contribution in [0.4, 0.5) is 5.82 Å². The number of rotatable bonds is 3. The zero-order valence-electron chi connectivity index (χ0n) is 17.0. The van der Waals surface area contributed by atoms with Crippen molar-refractivity contribution in [2.24, 2.45) is 5.41 Å². The molecule has 5 heteroatoms. The van der Waals surface area contributed by atoms with Crippen LogP contribution in [0.1, 0.15) is 57.1 Å². The summed E-state index contributed by atoms with van der Waals surface area (Å²) in [6.45, 7) is 6.30. The van der Waals surface area contributed by atoms with Crippen LogP contribution in [-0.2, 0) is 16.0 Å². The van der Waals surface area contributed by atoms with Crippen molar-refractivity contribution in [2.45, 2.75) is 52.4 Å². The van der Waals surface area contributed by atoms with E-state index in [4.69, 9.17) is 0 Å². The first-order chi connectivity index (χ1) is 13.8. The lowest BCUT2D eigenvalue weighted by Crippen LogP contribution is -2.44. The molecule has 1 aromatic heterocycles. The van der Waals surface area contributed by atoms with Crippen LogP contribution in [0.15, 0.2) is 58.3 Å². The summed E-state index contributed by atoms with van der Waals surface area (Å²) in [5.74, 6) is 0.541. The number of carbonyl (C=O) groups is 2. The van der Waals surface area contributed by atoms with Gasteiger partial charge in [0.05, 0.1) is 0 Å². The molecule has 0 N–H and O–H groups in total. The number of carbonyl (C=O) groups excluding carboxylic acids is 2. The number of amides is 1. The van der Waals surface area contributed by atoms with E-state index in [-0.39, 0.29) is 29.4 Å². The van der Waals surface area contributed by atoms with Crippen LogP contribution in [0.3, 0.4) is 0 Å². The Balaban J connectivity index is 1.85. The number of aromatic nitrogens is 1. The number of Topliss-reactive ketones (excluding diaryl/α,β-unsaturated/α-hetero) is 1. The molecule has 0 saturated carbocycles. The van der Waals surface area contributed by atoms with Gasteiger partial charge in [0.25, 0.3) is 0 Å². The standard InChI is InChI=1S/C24H25BrN2O2/c1-4-15-5-7-16(8-6-15)18-11-22(29)27(21-10-9-17(25)14-26-21)19-12-24(2,3)13-20(28)23(18)19/h5-10,14,18H,4,11-13H2,1-3H3. The van der Waals surface area contributed by atoms with Gasteiger partial charge in [0, 0.05) is 40.7 Å². The van der Waals surface area contributed by atoms with Gasteiger partial charge >= 0.3 is 0 Å². The second-order valence-corrected chi connectivity index (χ2v) is 9.63. The smallest absolute Gasteiger partial charge is 0.233 e. The van der Waals surface area contributed by atoms with Gasteiger partial charge in [-0.2, -0.15) is 0 Å². The normalized spacial score (nSPS) is 21.4. The molecule has 150 valence electrons. The maximum absolute atomic E-state index is 13.3. The lowest BCUT2D eigenvalue weighted by molar-refractivity contribution is -0.121. The topological polar surface area (TPSA) is 50.3 Å². The minimum absolute atomic E-state index is 0.00589. The molecule has 2 aliphatic rings. The molecule has 1 atom stereocenters. The Kier molecular flexibility index (Phi) is 5.19. The Morgan fingerprint density at radius 1 is 1.10 bits per heavy atom. The molecular formula is C24H25BrN2O2. The molecule has 1 unspecified atom stereocenters. The van der Waals surface area contributed by atoms with Crippen molar-refractivity contribution >= 4 is 33.4 Å². The number of anilines is 1.